The monoisotopic (exact) mass is 360 g/mol. The van der Waals surface area contributed by atoms with Crippen molar-refractivity contribution < 1.29 is 4.74 Å². The van der Waals surface area contributed by atoms with E-state index in [0.717, 1.165) is 17.8 Å². The lowest BCUT2D eigenvalue weighted by Crippen LogP contribution is -2.21. The van der Waals surface area contributed by atoms with Gasteiger partial charge >= 0.3 is 0 Å². The Morgan fingerprint density at radius 3 is 2.00 bits per heavy atom. The Morgan fingerprint density at radius 2 is 1.38 bits per heavy atom. The van der Waals surface area contributed by atoms with Gasteiger partial charge in [-0.3, -0.25) is 0 Å². The number of ether oxygens (including phenoxy) is 1. The summed E-state index contributed by atoms with van der Waals surface area (Å²) >= 11 is 0. The average Bonchev–Trinajstić information content (AvgIpc) is 2.68. The van der Waals surface area contributed by atoms with E-state index >= 15 is 0 Å². The van der Waals surface area contributed by atoms with Crippen LogP contribution in [-0.4, -0.2) is 6.10 Å². The molecule has 0 N–H and O–H groups in total. The Bertz CT molecular complexity index is 381. The maximum atomic E-state index is 5.94. The fraction of sp³-hybridized carbons (Fsp3) is 0.840. The van der Waals surface area contributed by atoms with Crippen molar-refractivity contribution in [2.24, 2.45) is 17.8 Å². The standard InChI is InChI=1S/C25H44O/c1-3-5-7-9-21-26-25-19-17-24(18-20-25)16-15-23-13-11-22(12-14-23)10-8-6-4-2/h8-10,21-25H,3-7,11-20H2,1-2H3/b10-8+,21-9+. The SMILES string of the molecule is CCC/C=C/C1CCC(CCC2CCC(O/C=C/CCCC)CC2)CC1. The molecule has 0 atom stereocenters. The van der Waals surface area contributed by atoms with E-state index in [1.54, 1.807) is 0 Å². The molecule has 2 aliphatic carbocycles. The molecule has 0 unspecified atom stereocenters. The van der Waals surface area contributed by atoms with Gasteiger partial charge in [-0.25, -0.2) is 0 Å². The van der Waals surface area contributed by atoms with Gasteiger partial charge in [0.1, 0.15) is 0 Å². The van der Waals surface area contributed by atoms with E-state index in [1.807, 2.05) is 6.26 Å². The molecule has 26 heavy (non-hydrogen) atoms. The van der Waals surface area contributed by atoms with Crippen molar-refractivity contribution in [3.63, 3.8) is 0 Å². The van der Waals surface area contributed by atoms with Crippen molar-refractivity contribution in [1.82, 2.24) is 0 Å². The number of hydrogen-bond acceptors (Lipinski definition) is 1. The molecule has 0 heterocycles. The molecule has 150 valence electrons. The van der Waals surface area contributed by atoms with Gasteiger partial charge in [-0.15, -0.1) is 0 Å². The van der Waals surface area contributed by atoms with Crippen LogP contribution in [0.1, 0.15) is 110 Å². The first-order valence-corrected chi connectivity index (χ1v) is 11.8. The van der Waals surface area contributed by atoms with Crippen LogP contribution in [0.2, 0.25) is 0 Å². The summed E-state index contributed by atoms with van der Waals surface area (Å²) in [7, 11) is 0. The third kappa shape index (κ3) is 8.78. The molecule has 0 aromatic carbocycles. The van der Waals surface area contributed by atoms with Gasteiger partial charge in [0.2, 0.25) is 0 Å². The minimum absolute atomic E-state index is 0.495. The molecule has 0 aliphatic heterocycles. The van der Waals surface area contributed by atoms with Crippen LogP contribution in [0.5, 0.6) is 0 Å². The summed E-state index contributed by atoms with van der Waals surface area (Å²) in [6, 6.07) is 0. The molecule has 0 aromatic rings. The highest BCUT2D eigenvalue weighted by Gasteiger charge is 2.24. The Hall–Kier alpha value is -0.720. The molecule has 0 bridgehead atoms. The Labute approximate surface area is 163 Å². The van der Waals surface area contributed by atoms with Crippen LogP contribution < -0.4 is 0 Å². The van der Waals surface area contributed by atoms with Gasteiger partial charge in [-0.05, 0) is 94.5 Å². The van der Waals surface area contributed by atoms with Gasteiger partial charge in [0.05, 0.1) is 12.4 Å². The summed E-state index contributed by atoms with van der Waals surface area (Å²) in [5, 5.41) is 0. The largest absolute Gasteiger partial charge is 0.498 e. The highest BCUT2D eigenvalue weighted by molar-refractivity contribution is 4.91. The second-order valence-corrected chi connectivity index (χ2v) is 8.87. The molecule has 0 amide bonds. The van der Waals surface area contributed by atoms with Crippen LogP contribution >= 0.6 is 0 Å². The third-order valence-electron chi connectivity index (χ3n) is 6.62. The molecule has 1 heteroatoms. The predicted octanol–water partition coefficient (Wildman–Crippen LogP) is 8.21. The van der Waals surface area contributed by atoms with E-state index in [4.69, 9.17) is 4.74 Å². The van der Waals surface area contributed by atoms with Crippen LogP contribution in [0.4, 0.5) is 0 Å². The van der Waals surface area contributed by atoms with Crippen LogP contribution in [-0.2, 0) is 4.74 Å². The van der Waals surface area contributed by atoms with E-state index in [2.05, 4.69) is 32.1 Å². The van der Waals surface area contributed by atoms with Gasteiger partial charge in [-0.2, -0.15) is 0 Å². The van der Waals surface area contributed by atoms with Crippen molar-refractivity contribution in [3.8, 4) is 0 Å². The lowest BCUT2D eigenvalue weighted by molar-refractivity contribution is 0.0838. The van der Waals surface area contributed by atoms with Crippen molar-refractivity contribution in [2.45, 2.75) is 116 Å². The minimum atomic E-state index is 0.495. The molecule has 0 spiro atoms. The van der Waals surface area contributed by atoms with E-state index in [-0.39, 0.29) is 0 Å². The first-order valence-electron chi connectivity index (χ1n) is 11.8. The number of unbranched alkanes of at least 4 members (excludes halogenated alkanes) is 3. The lowest BCUT2D eigenvalue weighted by atomic mass is 9.77. The van der Waals surface area contributed by atoms with Crippen molar-refractivity contribution in [1.29, 1.82) is 0 Å². The summed E-state index contributed by atoms with van der Waals surface area (Å²) in [6.45, 7) is 4.51. The van der Waals surface area contributed by atoms with Crippen LogP contribution in [0.3, 0.4) is 0 Å². The van der Waals surface area contributed by atoms with Crippen LogP contribution in [0.25, 0.3) is 0 Å². The number of hydrogen-bond donors (Lipinski definition) is 0. The first-order chi connectivity index (χ1) is 12.8. The van der Waals surface area contributed by atoms with Gasteiger partial charge in [-0.1, -0.05) is 51.7 Å². The summed E-state index contributed by atoms with van der Waals surface area (Å²) in [4.78, 5) is 0. The highest BCUT2D eigenvalue weighted by Crippen LogP contribution is 2.36. The second-order valence-electron chi connectivity index (χ2n) is 8.87. The van der Waals surface area contributed by atoms with E-state index < -0.39 is 0 Å². The fourth-order valence-electron chi connectivity index (χ4n) is 4.71. The summed E-state index contributed by atoms with van der Waals surface area (Å²) < 4.78 is 5.94. The molecular weight excluding hydrogens is 316 g/mol. The molecule has 2 fully saturated rings. The quantitative estimate of drug-likeness (QED) is 0.205. The molecule has 0 aromatic heterocycles. The highest BCUT2D eigenvalue weighted by atomic mass is 16.5. The topological polar surface area (TPSA) is 9.23 Å². The van der Waals surface area contributed by atoms with Crippen LogP contribution in [0.15, 0.2) is 24.5 Å². The van der Waals surface area contributed by atoms with Crippen molar-refractivity contribution >= 4 is 0 Å². The average molecular weight is 361 g/mol. The van der Waals surface area contributed by atoms with E-state index in [1.165, 1.54) is 96.3 Å². The summed E-state index contributed by atoms with van der Waals surface area (Å²) in [5.74, 6) is 2.87. The molecule has 2 rings (SSSR count). The zero-order valence-corrected chi connectivity index (χ0v) is 17.6. The van der Waals surface area contributed by atoms with Gasteiger partial charge < -0.3 is 4.74 Å². The van der Waals surface area contributed by atoms with Gasteiger partial charge in [0, 0.05) is 0 Å². The van der Waals surface area contributed by atoms with Crippen molar-refractivity contribution in [2.75, 3.05) is 0 Å². The molecular formula is C25H44O. The lowest BCUT2D eigenvalue weighted by Gasteiger charge is -2.31. The molecule has 2 saturated carbocycles. The summed E-state index contributed by atoms with van der Waals surface area (Å²) in [6.07, 6.45) is 30.0. The summed E-state index contributed by atoms with van der Waals surface area (Å²) in [5.41, 5.74) is 0. The zero-order chi connectivity index (χ0) is 18.5. The van der Waals surface area contributed by atoms with E-state index in [0.29, 0.717) is 6.10 Å². The zero-order valence-electron chi connectivity index (χ0n) is 17.6. The Morgan fingerprint density at radius 1 is 0.731 bits per heavy atom. The first kappa shape index (κ1) is 21.6. The van der Waals surface area contributed by atoms with Gasteiger partial charge in [0.15, 0.2) is 0 Å². The minimum Gasteiger partial charge on any atom is -0.498 e. The molecule has 0 radical (unpaired) electrons. The van der Waals surface area contributed by atoms with Crippen LogP contribution in [0, 0.1) is 17.8 Å². The molecule has 1 nitrogen and oxygen atoms in total. The number of rotatable bonds is 11. The maximum absolute atomic E-state index is 5.94. The Kier molecular flexibility index (Phi) is 11.2. The second kappa shape index (κ2) is 13.4. The maximum Gasteiger partial charge on any atom is 0.0978 e. The number of allylic oxidation sites excluding steroid dienone is 3. The fourth-order valence-corrected chi connectivity index (χ4v) is 4.71. The molecule has 0 saturated heterocycles. The van der Waals surface area contributed by atoms with Crippen molar-refractivity contribution in [3.05, 3.63) is 24.5 Å². The predicted molar refractivity (Wildman–Crippen MR) is 114 cm³/mol. The normalized spacial score (nSPS) is 30.2. The Balaban J connectivity index is 1.52. The molecule has 2 aliphatic rings. The smallest absolute Gasteiger partial charge is 0.0978 e. The van der Waals surface area contributed by atoms with Gasteiger partial charge in [0.25, 0.3) is 0 Å². The van der Waals surface area contributed by atoms with E-state index in [9.17, 15) is 0 Å². The third-order valence-corrected chi connectivity index (χ3v) is 6.62.